The smallest absolute Gasteiger partial charge is 0.408 e. The maximum absolute atomic E-state index is 12.0. The molecule has 6 nitrogen and oxygen atoms in total. The maximum atomic E-state index is 12.0. The van der Waals surface area contributed by atoms with Crippen LogP contribution in [0.5, 0.6) is 0 Å². The van der Waals surface area contributed by atoms with E-state index in [0.29, 0.717) is 23.4 Å². The molecule has 1 atom stereocenters. The van der Waals surface area contributed by atoms with Crippen LogP contribution >= 0.6 is 12.6 Å². The molecule has 0 fully saturated rings. The molecule has 1 aromatic carbocycles. The number of hydrogen-bond acceptors (Lipinski definition) is 5. The number of nitro groups is 1. The number of non-ortho nitro benzene ring substituents is 1. The van der Waals surface area contributed by atoms with Gasteiger partial charge < -0.3 is 4.42 Å². The third-order valence-electron chi connectivity index (χ3n) is 3.71. The summed E-state index contributed by atoms with van der Waals surface area (Å²) >= 11 is 4.35. The zero-order valence-electron chi connectivity index (χ0n) is 12.2. The zero-order valence-corrected chi connectivity index (χ0v) is 13.1. The van der Waals surface area contributed by atoms with Crippen molar-refractivity contribution in [1.82, 2.24) is 4.57 Å². The molecule has 0 saturated heterocycles. The Labute approximate surface area is 127 Å². The number of thiol groups is 1. The molecular formula is C14H18N2O4S. The second-order valence-corrected chi connectivity index (χ2v) is 6.50. The lowest BCUT2D eigenvalue weighted by Gasteiger charge is -2.29. The molecule has 0 amide bonds. The van der Waals surface area contributed by atoms with Crippen LogP contribution in [-0.4, -0.2) is 15.2 Å². The van der Waals surface area contributed by atoms with Gasteiger partial charge in [-0.1, -0.05) is 20.8 Å². The van der Waals surface area contributed by atoms with Gasteiger partial charge in [-0.2, -0.15) is 12.6 Å². The van der Waals surface area contributed by atoms with Crippen LogP contribution in [0.3, 0.4) is 0 Å². The van der Waals surface area contributed by atoms with Crippen LogP contribution in [0.15, 0.2) is 27.4 Å². The number of nitro benzene ring substituents is 1. The first-order valence-electron chi connectivity index (χ1n) is 6.62. The van der Waals surface area contributed by atoms with E-state index in [1.807, 2.05) is 0 Å². The Morgan fingerprint density at radius 3 is 2.62 bits per heavy atom. The second-order valence-electron chi connectivity index (χ2n) is 6.13. The highest BCUT2D eigenvalue weighted by Crippen LogP contribution is 2.29. The molecular weight excluding hydrogens is 292 g/mol. The maximum Gasteiger partial charge on any atom is 0.419 e. The van der Waals surface area contributed by atoms with Crippen LogP contribution in [-0.2, 0) is 6.54 Å². The Morgan fingerprint density at radius 1 is 1.43 bits per heavy atom. The molecule has 2 rings (SSSR count). The summed E-state index contributed by atoms with van der Waals surface area (Å²) in [5.41, 5.74) is 0.712. The number of hydrogen-bond donors (Lipinski definition) is 1. The second kappa shape index (κ2) is 5.55. The average Bonchev–Trinajstić information content (AvgIpc) is 2.69. The van der Waals surface area contributed by atoms with Crippen LogP contribution < -0.4 is 5.76 Å². The van der Waals surface area contributed by atoms with Gasteiger partial charge in [0.2, 0.25) is 0 Å². The average molecular weight is 310 g/mol. The van der Waals surface area contributed by atoms with E-state index < -0.39 is 10.7 Å². The SMILES string of the molecule is CC(C)(C)C(CS)Cn1c(=O)oc2ccc([N+](=O)[O-])cc21. The highest BCUT2D eigenvalue weighted by molar-refractivity contribution is 7.80. The van der Waals surface area contributed by atoms with E-state index >= 15 is 0 Å². The van der Waals surface area contributed by atoms with E-state index in [1.165, 1.54) is 22.8 Å². The molecule has 2 aromatic rings. The van der Waals surface area contributed by atoms with Gasteiger partial charge >= 0.3 is 5.76 Å². The molecule has 1 unspecified atom stereocenters. The molecule has 0 aliphatic carbocycles. The lowest BCUT2D eigenvalue weighted by atomic mass is 9.82. The number of fused-ring (bicyclic) bond motifs is 1. The fourth-order valence-electron chi connectivity index (χ4n) is 2.16. The normalized spacial score (nSPS) is 13.5. The molecule has 0 spiro atoms. The first kappa shape index (κ1) is 15.6. The number of oxazole rings is 1. The van der Waals surface area contributed by atoms with E-state index in [4.69, 9.17) is 4.42 Å². The van der Waals surface area contributed by atoms with Crippen LogP contribution in [0, 0.1) is 21.4 Å². The van der Waals surface area contributed by atoms with E-state index in [9.17, 15) is 14.9 Å². The van der Waals surface area contributed by atoms with Gasteiger partial charge in [0.15, 0.2) is 5.58 Å². The van der Waals surface area contributed by atoms with Crippen LogP contribution in [0.4, 0.5) is 5.69 Å². The van der Waals surface area contributed by atoms with Gasteiger partial charge in [0.05, 0.1) is 10.4 Å². The molecule has 114 valence electrons. The van der Waals surface area contributed by atoms with Gasteiger partial charge in [-0.05, 0) is 23.2 Å². The van der Waals surface area contributed by atoms with Crippen molar-refractivity contribution in [2.75, 3.05) is 5.75 Å². The quantitative estimate of drug-likeness (QED) is 0.535. The Hall–Kier alpha value is -1.76. The summed E-state index contributed by atoms with van der Waals surface area (Å²) in [6, 6.07) is 4.16. The summed E-state index contributed by atoms with van der Waals surface area (Å²) in [6.45, 7) is 6.64. The third-order valence-corrected chi connectivity index (χ3v) is 4.15. The zero-order chi connectivity index (χ0) is 15.8. The topological polar surface area (TPSA) is 78.3 Å². The largest absolute Gasteiger partial charge is 0.419 e. The molecule has 0 aliphatic heterocycles. The van der Waals surface area contributed by atoms with Crippen LogP contribution in [0.2, 0.25) is 0 Å². The van der Waals surface area contributed by atoms with Crippen LogP contribution in [0.1, 0.15) is 20.8 Å². The summed E-state index contributed by atoms with van der Waals surface area (Å²) in [5.74, 6) is 0.248. The summed E-state index contributed by atoms with van der Waals surface area (Å²) in [4.78, 5) is 22.4. The number of aromatic nitrogens is 1. The minimum Gasteiger partial charge on any atom is -0.408 e. The Balaban J connectivity index is 2.52. The molecule has 0 N–H and O–H groups in total. The Kier molecular flexibility index (Phi) is 4.13. The van der Waals surface area contributed by atoms with Crippen molar-refractivity contribution >= 4 is 29.4 Å². The van der Waals surface area contributed by atoms with Gasteiger partial charge in [0.25, 0.3) is 5.69 Å². The number of benzene rings is 1. The third kappa shape index (κ3) is 3.12. The van der Waals surface area contributed by atoms with Gasteiger partial charge in [-0.15, -0.1) is 0 Å². The lowest BCUT2D eigenvalue weighted by Crippen LogP contribution is -2.30. The fraction of sp³-hybridized carbons (Fsp3) is 0.500. The summed E-state index contributed by atoms with van der Waals surface area (Å²) in [5, 5.41) is 10.9. The minimum atomic E-state index is -0.499. The minimum absolute atomic E-state index is 0.0362. The summed E-state index contributed by atoms with van der Waals surface area (Å²) in [7, 11) is 0. The van der Waals surface area contributed by atoms with E-state index in [-0.39, 0.29) is 17.0 Å². The van der Waals surface area contributed by atoms with Gasteiger partial charge in [0, 0.05) is 18.7 Å². The Bertz CT molecular complexity index is 727. The predicted molar refractivity (Wildman–Crippen MR) is 83.9 cm³/mol. The monoisotopic (exact) mass is 310 g/mol. The van der Waals surface area contributed by atoms with Crippen molar-refractivity contribution in [1.29, 1.82) is 0 Å². The van der Waals surface area contributed by atoms with Crippen molar-refractivity contribution < 1.29 is 9.34 Å². The van der Waals surface area contributed by atoms with Crippen molar-refractivity contribution in [2.24, 2.45) is 11.3 Å². The lowest BCUT2D eigenvalue weighted by molar-refractivity contribution is -0.384. The standard InChI is InChI=1S/C14H18N2O4S/c1-14(2,3)9(8-21)7-15-11-6-10(16(18)19)4-5-12(11)20-13(15)17/h4-6,9,21H,7-8H2,1-3H3. The predicted octanol–water partition coefficient (Wildman–Crippen LogP) is 3.09. The molecule has 0 aliphatic rings. The fourth-order valence-corrected chi connectivity index (χ4v) is 2.83. The van der Waals surface area contributed by atoms with E-state index in [1.54, 1.807) is 0 Å². The first-order chi connectivity index (χ1) is 9.74. The van der Waals surface area contributed by atoms with Crippen molar-refractivity contribution in [3.8, 4) is 0 Å². The molecule has 1 heterocycles. The Morgan fingerprint density at radius 2 is 2.10 bits per heavy atom. The summed E-state index contributed by atoms with van der Waals surface area (Å²) in [6.07, 6.45) is 0. The van der Waals surface area contributed by atoms with Crippen LogP contribution in [0.25, 0.3) is 11.1 Å². The molecule has 0 bridgehead atoms. The van der Waals surface area contributed by atoms with E-state index in [2.05, 4.69) is 33.4 Å². The van der Waals surface area contributed by atoms with Crippen molar-refractivity contribution in [2.45, 2.75) is 27.3 Å². The highest BCUT2D eigenvalue weighted by Gasteiger charge is 2.26. The molecule has 1 aromatic heterocycles. The van der Waals surface area contributed by atoms with Gasteiger partial charge in [-0.3, -0.25) is 14.7 Å². The molecule has 7 heteroatoms. The van der Waals surface area contributed by atoms with Gasteiger partial charge in [-0.25, -0.2) is 4.79 Å². The van der Waals surface area contributed by atoms with E-state index in [0.717, 1.165) is 0 Å². The number of nitrogens with zero attached hydrogens (tertiary/aromatic N) is 2. The van der Waals surface area contributed by atoms with Gasteiger partial charge in [0.1, 0.15) is 0 Å². The summed E-state index contributed by atoms with van der Waals surface area (Å²) < 4.78 is 6.60. The number of rotatable bonds is 4. The van der Waals surface area contributed by atoms with Crippen molar-refractivity contribution in [3.63, 3.8) is 0 Å². The molecule has 21 heavy (non-hydrogen) atoms. The molecule has 0 saturated carbocycles. The van der Waals surface area contributed by atoms with Crippen molar-refractivity contribution in [3.05, 3.63) is 38.9 Å². The molecule has 0 radical (unpaired) electrons. The highest BCUT2D eigenvalue weighted by atomic mass is 32.1. The first-order valence-corrected chi connectivity index (χ1v) is 7.26.